The molecule has 3 rings (SSSR count). The molecular weight excluding hydrogens is 240 g/mol. The molecule has 0 radical (unpaired) electrons. The molecule has 0 aromatic heterocycles. The molecule has 98 valence electrons. The van der Waals surface area contributed by atoms with Crippen molar-refractivity contribution in [3.63, 3.8) is 0 Å². The highest BCUT2D eigenvalue weighted by Crippen LogP contribution is 2.20. The van der Waals surface area contributed by atoms with Gasteiger partial charge in [-0.15, -0.1) is 0 Å². The van der Waals surface area contributed by atoms with E-state index in [1.54, 1.807) is 6.21 Å². The van der Waals surface area contributed by atoms with E-state index in [9.17, 15) is 4.79 Å². The molecule has 3 N–H and O–H groups in total. The van der Waals surface area contributed by atoms with Crippen LogP contribution in [0.2, 0.25) is 0 Å². The number of aliphatic imine (C=N–C) groups is 1. The molecule has 3 aliphatic rings. The van der Waals surface area contributed by atoms with Gasteiger partial charge in [0.15, 0.2) is 0 Å². The zero-order valence-corrected chi connectivity index (χ0v) is 10.5. The predicted molar refractivity (Wildman–Crippen MR) is 74.5 cm³/mol. The number of nitrogens with one attached hydrogen (secondary N) is 3. The molecule has 0 bridgehead atoms. The van der Waals surface area contributed by atoms with Crippen molar-refractivity contribution >= 4 is 12.2 Å². The second kappa shape index (κ2) is 5.14. The Labute approximate surface area is 111 Å². The highest BCUT2D eigenvalue weighted by atomic mass is 16.2. The maximum Gasteiger partial charge on any atom is 0.323 e. The highest BCUT2D eigenvalue weighted by Gasteiger charge is 2.21. The molecule has 0 spiro atoms. The van der Waals surface area contributed by atoms with Crippen LogP contribution < -0.4 is 16.0 Å². The van der Waals surface area contributed by atoms with E-state index in [1.165, 1.54) is 0 Å². The first kappa shape index (κ1) is 11.8. The molecule has 5 nitrogen and oxygen atoms in total. The van der Waals surface area contributed by atoms with E-state index >= 15 is 0 Å². The third-order valence-corrected chi connectivity index (χ3v) is 3.25. The van der Waals surface area contributed by atoms with Crippen molar-refractivity contribution in [1.82, 2.24) is 16.0 Å². The van der Waals surface area contributed by atoms with E-state index in [4.69, 9.17) is 0 Å². The van der Waals surface area contributed by atoms with E-state index in [-0.39, 0.29) is 6.03 Å². The Bertz CT molecular complexity index is 528. The summed E-state index contributed by atoms with van der Waals surface area (Å²) >= 11 is 0. The summed E-state index contributed by atoms with van der Waals surface area (Å²) in [6.45, 7) is 0.795. The third-order valence-electron chi connectivity index (χ3n) is 3.25. The van der Waals surface area contributed by atoms with E-state index in [0.29, 0.717) is 12.0 Å². The molecule has 2 heterocycles. The zero-order valence-electron chi connectivity index (χ0n) is 10.5. The average Bonchev–Trinajstić information content (AvgIpc) is 2.87. The number of allylic oxidation sites excluding steroid dienone is 2. The van der Waals surface area contributed by atoms with Crippen molar-refractivity contribution in [2.45, 2.75) is 12.5 Å². The molecule has 0 aromatic rings. The molecule has 2 amide bonds. The number of carbonyl (C=O) groups excluding carboxylic acids is 1. The maximum atomic E-state index is 11.8. The number of nitrogens with zero attached hydrogens (tertiary/aromatic N) is 1. The Morgan fingerprint density at radius 2 is 2.21 bits per heavy atom. The van der Waals surface area contributed by atoms with Crippen LogP contribution in [-0.2, 0) is 0 Å². The summed E-state index contributed by atoms with van der Waals surface area (Å²) in [6.07, 6.45) is 14.6. The van der Waals surface area contributed by atoms with Gasteiger partial charge < -0.3 is 16.0 Å². The Hall–Kier alpha value is -2.30. The molecule has 2 unspecified atom stereocenters. The van der Waals surface area contributed by atoms with Gasteiger partial charge in [0.25, 0.3) is 0 Å². The summed E-state index contributed by atoms with van der Waals surface area (Å²) in [6, 6.07) is 0.0886. The van der Waals surface area contributed by atoms with Gasteiger partial charge in [0.1, 0.15) is 0 Å². The zero-order chi connectivity index (χ0) is 13.1. The van der Waals surface area contributed by atoms with Gasteiger partial charge in [0.2, 0.25) is 0 Å². The van der Waals surface area contributed by atoms with Crippen molar-refractivity contribution in [2.24, 2.45) is 10.9 Å². The topological polar surface area (TPSA) is 65.5 Å². The lowest BCUT2D eigenvalue weighted by molar-refractivity contribution is 0.246. The number of rotatable bonds is 2. The van der Waals surface area contributed by atoms with E-state index < -0.39 is 0 Å². The van der Waals surface area contributed by atoms with Crippen LogP contribution in [0.15, 0.2) is 53.0 Å². The fourth-order valence-electron chi connectivity index (χ4n) is 2.29. The molecule has 2 aliphatic heterocycles. The van der Waals surface area contributed by atoms with Gasteiger partial charge in [0.05, 0.1) is 11.7 Å². The maximum absolute atomic E-state index is 11.8. The SMILES string of the molecule is O=C(NC1=CCCN=C1)NC1=CC2C=CNC2C=C1. The van der Waals surface area contributed by atoms with E-state index in [2.05, 4.69) is 33.1 Å². The van der Waals surface area contributed by atoms with Gasteiger partial charge in [-0.05, 0) is 18.7 Å². The number of amides is 2. The number of hydrogen-bond acceptors (Lipinski definition) is 3. The Balaban J connectivity index is 1.58. The summed E-state index contributed by atoms with van der Waals surface area (Å²) in [5.74, 6) is 0.316. The second-order valence-corrected chi connectivity index (χ2v) is 4.67. The van der Waals surface area contributed by atoms with Crippen LogP contribution in [-0.4, -0.2) is 24.8 Å². The lowest BCUT2D eigenvalue weighted by atomic mass is 9.96. The first-order chi connectivity index (χ1) is 9.31. The molecule has 0 fully saturated rings. The number of carbonyl (C=O) groups is 1. The normalized spacial score (nSPS) is 27.2. The summed E-state index contributed by atoms with van der Waals surface area (Å²) in [7, 11) is 0. The van der Waals surface area contributed by atoms with Gasteiger partial charge in [-0.25, -0.2) is 4.79 Å². The van der Waals surface area contributed by atoms with Gasteiger partial charge in [0, 0.05) is 24.4 Å². The number of urea groups is 1. The van der Waals surface area contributed by atoms with Crippen molar-refractivity contribution in [3.8, 4) is 0 Å². The lowest BCUT2D eigenvalue weighted by Gasteiger charge is -2.19. The minimum absolute atomic E-state index is 0.233. The predicted octanol–water partition coefficient (Wildman–Crippen LogP) is 1.20. The van der Waals surface area contributed by atoms with Crippen molar-refractivity contribution in [1.29, 1.82) is 0 Å². The van der Waals surface area contributed by atoms with E-state index in [0.717, 1.165) is 24.4 Å². The highest BCUT2D eigenvalue weighted by molar-refractivity contribution is 5.88. The Morgan fingerprint density at radius 1 is 1.32 bits per heavy atom. The molecule has 19 heavy (non-hydrogen) atoms. The summed E-state index contributed by atoms with van der Waals surface area (Å²) in [4.78, 5) is 16.0. The first-order valence-corrected chi connectivity index (χ1v) is 6.42. The van der Waals surface area contributed by atoms with Gasteiger partial charge >= 0.3 is 6.03 Å². The minimum Gasteiger partial charge on any atom is -0.384 e. The lowest BCUT2D eigenvalue weighted by Crippen LogP contribution is -2.36. The van der Waals surface area contributed by atoms with Gasteiger partial charge in [-0.1, -0.05) is 24.3 Å². The molecule has 2 atom stereocenters. The van der Waals surface area contributed by atoms with Crippen molar-refractivity contribution in [3.05, 3.63) is 48.0 Å². The van der Waals surface area contributed by atoms with E-state index in [1.807, 2.05) is 24.4 Å². The molecule has 1 aliphatic carbocycles. The first-order valence-electron chi connectivity index (χ1n) is 6.42. The van der Waals surface area contributed by atoms with Crippen LogP contribution in [0.1, 0.15) is 6.42 Å². The van der Waals surface area contributed by atoms with Gasteiger partial charge in [-0.3, -0.25) is 4.99 Å². The smallest absolute Gasteiger partial charge is 0.323 e. The number of dihydropyridines is 1. The molecule has 0 aromatic carbocycles. The van der Waals surface area contributed by atoms with Crippen LogP contribution in [0.4, 0.5) is 4.79 Å². The Morgan fingerprint density at radius 3 is 3.05 bits per heavy atom. The molecular formula is C14H16N4O. The number of hydrogen-bond donors (Lipinski definition) is 3. The summed E-state index contributed by atoms with van der Waals surface area (Å²) < 4.78 is 0. The average molecular weight is 256 g/mol. The largest absolute Gasteiger partial charge is 0.384 e. The van der Waals surface area contributed by atoms with Crippen LogP contribution in [0.25, 0.3) is 0 Å². The second-order valence-electron chi connectivity index (χ2n) is 4.67. The fraction of sp³-hybridized carbons (Fsp3) is 0.286. The van der Waals surface area contributed by atoms with Crippen LogP contribution in [0, 0.1) is 5.92 Å². The standard InChI is InChI=1S/C14H16N4O/c19-14(18-12-2-1-6-15-9-12)17-11-3-4-13-10(8-11)5-7-16-13/h2-5,7-10,13,16H,1,6H2,(H2,17,18,19). The number of fused-ring (bicyclic) bond motifs is 1. The third kappa shape index (κ3) is 2.76. The van der Waals surface area contributed by atoms with Crippen molar-refractivity contribution in [2.75, 3.05) is 6.54 Å². The van der Waals surface area contributed by atoms with Crippen LogP contribution in [0.5, 0.6) is 0 Å². The Kier molecular flexibility index (Phi) is 3.18. The fourth-order valence-corrected chi connectivity index (χ4v) is 2.29. The molecule has 0 saturated carbocycles. The van der Waals surface area contributed by atoms with Crippen molar-refractivity contribution < 1.29 is 4.79 Å². The monoisotopic (exact) mass is 256 g/mol. The van der Waals surface area contributed by atoms with Crippen LogP contribution in [0.3, 0.4) is 0 Å². The quantitative estimate of drug-likeness (QED) is 0.695. The molecule has 0 saturated heterocycles. The summed E-state index contributed by atoms with van der Waals surface area (Å²) in [5, 5.41) is 8.85. The molecule has 5 heteroatoms. The van der Waals surface area contributed by atoms with Crippen LogP contribution >= 0.6 is 0 Å². The minimum atomic E-state index is -0.233. The summed E-state index contributed by atoms with van der Waals surface area (Å²) in [5.41, 5.74) is 1.57. The van der Waals surface area contributed by atoms with Gasteiger partial charge in [-0.2, -0.15) is 0 Å².